The van der Waals surface area contributed by atoms with Crippen molar-refractivity contribution in [2.24, 2.45) is 5.73 Å². The van der Waals surface area contributed by atoms with Gasteiger partial charge in [-0.25, -0.2) is 4.68 Å². The van der Waals surface area contributed by atoms with Crippen LogP contribution in [0.1, 0.15) is 5.56 Å². The van der Waals surface area contributed by atoms with Crippen LogP contribution in [0.25, 0.3) is 16.6 Å². The van der Waals surface area contributed by atoms with Crippen molar-refractivity contribution in [1.82, 2.24) is 25.2 Å². The fraction of sp³-hybridized carbons (Fsp3) is 0.111. The van der Waals surface area contributed by atoms with Crippen LogP contribution < -0.4 is 11.1 Å². The first-order chi connectivity index (χ1) is 12.7. The van der Waals surface area contributed by atoms with Crippen LogP contribution in [-0.4, -0.2) is 37.1 Å². The summed E-state index contributed by atoms with van der Waals surface area (Å²) < 4.78 is 1.52. The van der Waals surface area contributed by atoms with Crippen LogP contribution in [0.2, 0.25) is 0 Å². The van der Waals surface area contributed by atoms with Crippen molar-refractivity contribution in [3.63, 3.8) is 0 Å². The molecule has 0 aliphatic carbocycles. The van der Waals surface area contributed by atoms with Crippen LogP contribution in [0.4, 0.5) is 5.69 Å². The van der Waals surface area contributed by atoms with E-state index in [0.717, 1.165) is 22.2 Å². The largest absolute Gasteiger partial charge is 0.361 e. The molecule has 0 aliphatic rings. The molecule has 2 aromatic carbocycles. The zero-order valence-electron chi connectivity index (χ0n) is 13.8. The number of nitrogens with two attached hydrogens (primary N) is 1. The molecule has 0 bridgehead atoms. The maximum absolute atomic E-state index is 12.5. The molecule has 1 atom stereocenters. The summed E-state index contributed by atoms with van der Waals surface area (Å²) in [7, 11) is 0. The van der Waals surface area contributed by atoms with Crippen molar-refractivity contribution >= 4 is 22.5 Å². The number of hydrogen-bond donors (Lipinski definition) is 3. The number of aromatic nitrogens is 5. The van der Waals surface area contributed by atoms with E-state index in [0.29, 0.717) is 12.1 Å². The van der Waals surface area contributed by atoms with Gasteiger partial charge in [-0.2, -0.15) is 0 Å². The van der Waals surface area contributed by atoms with Crippen LogP contribution in [0, 0.1) is 0 Å². The van der Waals surface area contributed by atoms with E-state index in [1.54, 1.807) is 12.1 Å². The van der Waals surface area contributed by atoms with Gasteiger partial charge in [0.2, 0.25) is 5.91 Å². The van der Waals surface area contributed by atoms with Crippen molar-refractivity contribution in [1.29, 1.82) is 0 Å². The number of anilines is 1. The third kappa shape index (κ3) is 3.17. The first-order valence-electron chi connectivity index (χ1n) is 8.15. The van der Waals surface area contributed by atoms with Crippen molar-refractivity contribution in [2.75, 3.05) is 5.32 Å². The SMILES string of the molecule is N[C@@H](Cc1c[nH]c2ccccc12)C(=O)Nc1cccc(-n2cnnn2)c1. The number of nitrogens with one attached hydrogen (secondary N) is 2. The normalized spacial score (nSPS) is 12.2. The minimum atomic E-state index is -0.661. The van der Waals surface area contributed by atoms with E-state index in [-0.39, 0.29) is 5.91 Å². The summed E-state index contributed by atoms with van der Waals surface area (Å²) in [4.78, 5) is 15.7. The highest BCUT2D eigenvalue weighted by atomic mass is 16.2. The minimum absolute atomic E-state index is 0.246. The van der Waals surface area contributed by atoms with E-state index in [2.05, 4.69) is 25.8 Å². The number of tetrazole rings is 1. The van der Waals surface area contributed by atoms with Crippen LogP contribution in [0.3, 0.4) is 0 Å². The van der Waals surface area contributed by atoms with E-state index in [1.165, 1.54) is 11.0 Å². The second kappa shape index (κ2) is 6.77. The lowest BCUT2D eigenvalue weighted by atomic mass is 10.0. The molecule has 130 valence electrons. The van der Waals surface area contributed by atoms with Gasteiger partial charge in [0.1, 0.15) is 6.33 Å². The number of benzene rings is 2. The van der Waals surface area contributed by atoms with Crippen molar-refractivity contribution < 1.29 is 4.79 Å². The topological polar surface area (TPSA) is 115 Å². The highest BCUT2D eigenvalue weighted by Gasteiger charge is 2.16. The predicted octanol–water partition coefficient (Wildman–Crippen LogP) is 1.65. The highest BCUT2D eigenvalue weighted by Crippen LogP contribution is 2.19. The van der Waals surface area contributed by atoms with Gasteiger partial charge in [-0.15, -0.1) is 5.10 Å². The number of aromatic amines is 1. The van der Waals surface area contributed by atoms with Gasteiger partial charge in [0.25, 0.3) is 0 Å². The second-order valence-corrected chi connectivity index (χ2v) is 5.96. The molecule has 26 heavy (non-hydrogen) atoms. The maximum atomic E-state index is 12.5. The average molecular weight is 347 g/mol. The number of rotatable bonds is 5. The molecule has 0 aliphatic heterocycles. The number of para-hydroxylation sites is 1. The molecule has 0 saturated heterocycles. The Kier molecular flexibility index (Phi) is 4.16. The molecule has 4 rings (SSSR count). The van der Waals surface area contributed by atoms with Crippen LogP contribution in [0.15, 0.2) is 61.1 Å². The van der Waals surface area contributed by atoms with E-state index >= 15 is 0 Å². The molecule has 0 radical (unpaired) electrons. The summed E-state index contributed by atoms with van der Waals surface area (Å²) in [6, 6.07) is 14.5. The third-order valence-corrected chi connectivity index (χ3v) is 4.18. The van der Waals surface area contributed by atoms with Gasteiger partial charge in [-0.05, 0) is 46.7 Å². The number of H-pyrrole nitrogens is 1. The quantitative estimate of drug-likeness (QED) is 0.508. The van der Waals surface area contributed by atoms with Crippen molar-refractivity contribution in [3.8, 4) is 5.69 Å². The summed E-state index contributed by atoms with van der Waals surface area (Å²) in [5, 5.41) is 15.0. The van der Waals surface area contributed by atoms with Crippen LogP contribution in [-0.2, 0) is 11.2 Å². The van der Waals surface area contributed by atoms with Gasteiger partial charge in [0.05, 0.1) is 11.7 Å². The van der Waals surface area contributed by atoms with Gasteiger partial charge in [-0.1, -0.05) is 24.3 Å². The van der Waals surface area contributed by atoms with Crippen molar-refractivity contribution in [3.05, 3.63) is 66.6 Å². The zero-order chi connectivity index (χ0) is 17.9. The molecule has 8 heteroatoms. The Morgan fingerprint density at radius 3 is 2.96 bits per heavy atom. The number of fused-ring (bicyclic) bond motifs is 1. The fourth-order valence-electron chi connectivity index (χ4n) is 2.87. The predicted molar refractivity (Wildman–Crippen MR) is 97.8 cm³/mol. The Bertz CT molecular complexity index is 1040. The number of amides is 1. The standard InChI is InChI=1S/C18H17N7O/c19-16(8-12-10-20-17-7-2-1-6-15(12)17)18(26)22-13-4-3-5-14(9-13)25-11-21-23-24-25/h1-7,9-11,16,20H,8,19H2,(H,22,26)/t16-/m0/s1. The highest BCUT2D eigenvalue weighted by molar-refractivity contribution is 5.95. The average Bonchev–Trinajstić information content (AvgIpc) is 3.32. The molecular weight excluding hydrogens is 330 g/mol. The molecule has 1 amide bonds. The first-order valence-corrected chi connectivity index (χ1v) is 8.15. The van der Waals surface area contributed by atoms with E-state index in [4.69, 9.17) is 5.73 Å². The molecule has 0 saturated carbocycles. The Morgan fingerprint density at radius 2 is 2.12 bits per heavy atom. The Morgan fingerprint density at radius 1 is 1.23 bits per heavy atom. The lowest BCUT2D eigenvalue weighted by molar-refractivity contribution is -0.117. The Hall–Kier alpha value is -3.52. The molecule has 0 fully saturated rings. The van der Waals surface area contributed by atoms with Gasteiger partial charge >= 0.3 is 0 Å². The fourth-order valence-corrected chi connectivity index (χ4v) is 2.87. The lowest BCUT2D eigenvalue weighted by Gasteiger charge is -2.12. The second-order valence-electron chi connectivity index (χ2n) is 5.96. The Labute approximate surface area is 149 Å². The van der Waals surface area contributed by atoms with E-state index < -0.39 is 6.04 Å². The Balaban J connectivity index is 1.47. The van der Waals surface area contributed by atoms with Gasteiger partial charge in [0.15, 0.2) is 0 Å². The van der Waals surface area contributed by atoms with E-state index in [1.807, 2.05) is 42.6 Å². The van der Waals surface area contributed by atoms with E-state index in [9.17, 15) is 4.79 Å². The molecule has 2 aromatic heterocycles. The van der Waals surface area contributed by atoms with Gasteiger partial charge in [-0.3, -0.25) is 4.79 Å². The molecular formula is C18H17N7O. The minimum Gasteiger partial charge on any atom is -0.361 e. The maximum Gasteiger partial charge on any atom is 0.241 e. The summed E-state index contributed by atoms with van der Waals surface area (Å²) in [5.41, 5.74) is 9.55. The third-order valence-electron chi connectivity index (χ3n) is 4.18. The van der Waals surface area contributed by atoms with Gasteiger partial charge < -0.3 is 16.0 Å². The summed E-state index contributed by atoms with van der Waals surface area (Å²) >= 11 is 0. The number of carbonyl (C=O) groups is 1. The molecule has 4 aromatic rings. The number of nitrogens with zero attached hydrogens (tertiary/aromatic N) is 4. The smallest absolute Gasteiger partial charge is 0.241 e. The molecule has 0 spiro atoms. The summed E-state index contributed by atoms with van der Waals surface area (Å²) in [5.74, 6) is -0.246. The van der Waals surface area contributed by atoms with Crippen molar-refractivity contribution in [2.45, 2.75) is 12.5 Å². The summed E-state index contributed by atoms with van der Waals surface area (Å²) in [6.45, 7) is 0. The monoisotopic (exact) mass is 347 g/mol. The molecule has 2 heterocycles. The number of carbonyl (C=O) groups excluding carboxylic acids is 1. The number of hydrogen-bond acceptors (Lipinski definition) is 5. The van der Waals surface area contributed by atoms with Crippen LogP contribution >= 0.6 is 0 Å². The first kappa shape index (κ1) is 16.0. The van der Waals surface area contributed by atoms with Gasteiger partial charge in [0, 0.05) is 22.8 Å². The summed E-state index contributed by atoms with van der Waals surface area (Å²) in [6.07, 6.45) is 3.84. The lowest BCUT2D eigenvalue weighted by Crippen LogP contribution is -2.37. The molecule has 8 nitrogen and oxygen atoms in total. The molecule has 0 unspecified atom stereocenters. The van der Waals surface area contributed by atoms with Crippen LogP contribution in [0.5, 0.6) is 0 Å². The zero-order valence-corrected chi connectivity index (χ0v) is 13.8. The molecule has 4 N–H and O–H groups in total.